The van der Waals surface area contributed by atoms with Crippen LogP contribution >= 0.6 is 0 Å². The van der Waals surface area contributed by atoms with Crippen molar-refractivity contribution in [2.45, 2.75) is 26.3 Å². The van der Waals surface area contributed by atoms with E-state index in [1.165, 1.54) is 6.92 Å². The van der Waals surface area contributed by atoms with Crippen LogP contribution in [0.2, 0.25) is 0 Å². The van der Waals surface area contributed by atoms with Crippen molar-refractivity contribution in [3.8, 4) is 11.5 Å². The maximum Gasteiger partial charge on any atom is 0.222 e. The minimum Gasteiger partial charge on any atom is -0.457 e. The average molecular weight is 326 g/mol. The molecule has 0 saturated heterocycles. The largest absolute Gasteiger partial charge is 0.457 e. The Hall–Kier alpha value is -2.82. The van der Waals surface area contributed by atoms with E-state index >= 15 is 0 Å². The predicted octanol–water partition coefficient (Wildman–Crippen LogP) is 3.18. The normalized spacial score (nSPS) is 11.4. The zero-order valence-corrected chi connectivity index (χ0v) is 13.9. The number of rotatable bonds is 7. The van der Waals surface area contributed by atoms with Crippen LogP contribution < -0.4 is 15.4 Å². The first-order chi connectivity index (χ1) is 11.6. The molecule has 0 heterocycles. The highest BCUT2D eigenvalue weighted by atomic mass is 16.5. The molecule has 0 aliphatic carbocycles. The van der Waals surface area contributed by atoms with Crippen molar-refractivity contribution >= 4 is 11.8 Å². The molecule has 0 spiro atoms. The summed E-state index contributed by atoms with van der Waals surface area (Å²) in [5.41, 5.74) is 0.897. The minimum absolute atomic E-state index is 0.120. The summed E-state index contributed by atoms with van der Waals surface area (Å²) in [6.07, 6.45) is 0.242. The van der Waals surface area contributed by atoms with Gasteiger partial charge in [0.25, 0.3) is 0 Å². The Morgan fingerprint density at radius 2 is 1.71 bits per heavy atom. The summed E-state index contributed by atoms with van der Waals surface area (Å²) < 4.78 is 5.92. The molecule has 0 aromatic heterocycles. The highest BCUT2D eigenvalue weighted by Gasteiger charge is 2.14. The first-order valence-corrected chi connectivity index (χ1v) is 7.92. The molecule has 0 aliphatic heterocycles. The van der Waals surface area contributed by atoms with Crippen LogP contribution in [0, 0.1) is 0 Å². The molecule has 5 nitrogen and oxygen atoms in total. The molecule has 5 heteroatoms. The SMILES string of the molecule is CC(=O)NCCC(=O)N[C@@H](C)c1ccccc1Oc1ccccc1. The van der Waals surface area contributed by atoms with Gasteiger partial charge < -0.3 is 15.4 Å². The van der Waals surface area contributed by atoms with Crippen molar-refractivity contribution in [1.29, 1.82) is 0 Å². The zero-order valence-electron chi connectivity index (χ0n) is 13.9. The molecule has 0 fully saturated rings. The van der Waals surface area contributed by atoms with Crippen molar-refractivity contribution in [2.75, 3.05) is 6.54 Å². The fourth-order valence-electron chi connectivity index (χ4n) is 2.29. The summed E-state index contributed by atoms with van der Waals surface area (Å²) >= 11 is 0. The van der Waals surface area contributed by atoms with Crippen molar-refractivity contribution in [3.05, 3.63) is 60.2 Å². The molecule has 0 unspecified atom stereocenters. The van der Waals surface area contributed by atoms with Gasteiger partial charge in [-0.3, -0.25) is 9.59 Å². The Balaban J connectivity index is 2.00. The third-order valence-corrected chi connectivity index (χ3v) is 3.46. The summed E-state index contributed by atoms with van der Waals surface area (Å²) in [5.74, 6) is 1.19. The van der Waals surface area contributed by atoms with Gasteiger partial charge in [0.1, 0.15) is 11.5 Å². The van der Waals surface area contributed by atoms with E-state index in [0.29, 0.717) is 12.3 Å². The van der Waals surface area contributed by atoms with E-state index in [0.717, 1.165) is 11.3 Å². The molecule has 2 amide bonds. The quantitative estimate of drug-likeness (QED) is 0.821. The second kappa shape index (κ2) is 8.72. The topological polar surface area (TPSA) is 67.4 Å². The molecule has 24 heavy (non-hydrogen) atoms. The molecule has 2 N–H and O–H groups in total. The van der Waals surface area contributed by atoms with Crippen molar-refractivity contribution in [2.24, 2.45) is 0 Å². The number of carbonyl (C=O) groups is 2. The standard InChI is InChI=1S/C19H22N2O3/c1-14(21-19(23)12-13-20-15(2)22)17-10-6-7-11-18(17)24-16-8-4-3-5-9-16/h3-11,14H,12-13H2,1-2H3,(H,20,22)(H,21,23)/t14-/m0/s1. The maximum atomic E-state index is 12.0. The Morgan fingerprint density at radius 1 is 1.04 bits per heavy atom. The number of carbonyl (C=O) groups excluding carboxylic acids is 2. The van der Waals surface area contributed by atoms with E-state index < -0.39 is 0 Å². The Bertz CT molecular complexity index is 686. The van der Waals surface area contributed by atoms with Crippen LogP contribution in [0.15, 0.2) is 54.6 Å². The van der Waals surface area contributed by atoms with E-state index in [9.17, 15) is 9.59 Å². The first kappa shape index (κ1) is 17.5. The lowest BCUT2D eigenvalue weighted by atomic mass is 10.1. The van der Waals surface area contributed by atoms with E-state index in [-0.39, 0.29) is 24.3 Å². The summed E-state index contributed by atoms with van der Waals surface area (Å²) in [4.78, 5) is 22.8. The highest BCUT2D eigenvalue weighted by molar-refractivity contribution is 5.78. The number of hydrogen-bond acceptors (Lipinski definition) is 3. The number of benzene rings is 2. The number of amides is 2. The van der Waals surface area contributed by atoms with Gasteiger partial charge in [-0.1, -0.05) is 36.4 Å². The van der Waals surface area contributed by atoms with E-state index in [1.807, 2.05) is 61.5 Å². The Kier molecular flexibility index (Phi) is 6.37. The summed E-state index contributed by atoms with van der Waals surface area (Å²) in [5, 5.41) is 5.53. The lowest BCUT2D eigenvalue weighted by Crippen LogP contribution is -2.31. The monoisotopic (exact) mass is 326 g/mol. The molecule has 126 valence electrons. The van der Waals surface area contributed by atoms with Crippen molar-refractivity contribution in [3.63, 3.8) is 0 Å². The summed E-state index contributed by atoms with van der Waals surface area (Å²) in [6, 6.07) is 16.9. The van der Waals surface area contributed by atoms with Gasteiger partial charge in [0, 0.05) is 25.5 Å². The van der Waals surface area contributed by atoms with Gasteiger partial charge >= 0.3 is 0 Å². The van der Waals surface area contributed by atoms with Crippen molar-refractivity contribution < 1.29 is 14.3 Å². The maximum absolute atomic E-state index is 12.0. The second-order valence-electron chi connectivity index (χ2n) is 5.48. The van der Waals surface area contributed by atoms with Crippen molar-refractivity contribution in [1.82, 2.24) is 10.6 Å². The Morgan fingerprint density at radius 3 is 2.42 bits per heavy atom. The molecular formula is C19H22N2O3. The van der Waals surface area contributed by atoms with Crippen LogP contribution in [0.25, 0.3) is 0 Å². The molecular weight excluding hydrogens is 304 g/mol. The number of para-hydroxylation sites is 2. The van der Waals surface area contributed by atoms with E-state index in [4.69, 9.17) is 4.74 Å². The molecule has 2 aromatic carbocycles. The fourth-order valence-corrected chi connectivity index (χ4v) is 2.29. The molecule has 2 rings (SSSR count). The van der Waals surface area contributed by atoms with Crippen LogP contribution in [0.3, 0.4) is 0 Å². The van der Waals surface area contributed by atoms with Gasteiger partial charge in [0.2, 0.25) is 11.8 Å². The van der Waals surface area contributed by atoms with Gasteiger partial charge in [-0.25, -0.2) is 0 Å². The molecule has 2 aromatic rings. The van der Waals surface area contributed by atoms with Gasteiger partial charge in [-0.15, -0.1) is 0 Å². The first-order valence-electron chi connectivity index (χ1n) is 7.92. The molecule has 1 atom stereocenters. The van der Waals surface area contributed by atoms with Gasteiger partial charge in [0.05, 0.1) is 6.04 Å². The number of nitrogens with one attached hydrogen (secondary N) is 2. The van der Waals surface area contributed by atoms with E-state index in [2.05, 4.69) is 10.6 Å². The second-order valence-corrected chi connectivity index (χ2v) is 5.48. The lowest BCUT2D eigenvalue weighted by Gasteiger charge is -2.18. The fraction of sp³-hybridized carbons (Fsp3) is 0.263. The molecule has 0 aliphatic rings. The minimum atomic E-state index is -0.199. The van der Waals surface area contributed by atoms with E-state index in [1.54, 1.807) is 0 Å². The van der Waals surface area contributed by atoms with Gasteiger partial charge in [-0.05, 0) is 25.1 Å². The van der Waals surface area contributed by atoms with Crippen LogP contribution in [-0.2, 0) is 9.59 Å². The third kappa shape index (κ3) is 5.43. The number of hydrogen-bond donors (Lipinski definition) is 2. The van der Waals surface area contributed by atoms with Crippen LogP contribution in [0.4, 0.5) is 0 Å². The third-order valence-electron chi connectivity index (χ3n) is 3.46. The predicted molar refractivity (Wildman–Crippen MR) is 92.8 cm³/mol. The summed E-state index contributed by atoms with van der Waals surface area (Å²) in [6.45, 7) is 3.66. The lowest BCUT2D eigenvalue weighted by molar-refractivity contribution is -0.122. The molecule has 0 radical (unpaired) electrons. The number of ether oxygens (including phenoxy) is 1. The van der Waals surface area contributed by atoms with Gasteiger partial charge in [-0.2, -0.15) is 0 Å². The molecule has 0 saturated carbocycles. The van der Waals surface area contributed by atoms with Crippen LogP contribution in [-0.4, -0.2) is 18.4 Å². The summed E-state index contributed by atoms with van der Waals surface area (Å²) in [7, 11) is 0. The van der Waals surface area contributed by atoms with Crippen LogP contribution in [0.5, 0.6) is 11.5 Å². The molecule has 0 bridgehead atoms. The Labute approximate surface area is 142 Å². The van der Waals surface area contributed by atoms with Crippen LogP contribution in [0.1, 0.15) is 31.9 Å². The highest BCUT2D eigenvalue weighted by Crippen LogP contribution is 2.29. The average Bonchev–Trinajstić information content (AvgIpc) is 2.56. The zero-order chi connectivity index (χ0) is 17.4. The van der Waals surface area contributed by atoms with Gasteiger partial charge in [0.15, 0.2) is 0 Å². The smallest absolute Gasteiger partial charge is 0.222 e.